The van der Waals surface area contributed by atoms with Gasteiger partial charge in [0.15, 0.2) is 0 Å². The van der Waals surface area contributed by atoms with Gasteiger partial charge in [-0.25, -0.2) is 13.2 Å². The molecule has 0 bridgehead atoms. The largest absolute Gasteiger partial charge is 0.444 e. The van der Waals surface area contributed by atoms with Crippen molar-refractivity contribution in [3.8, 4) is 0 Å². The third kappa shape index (κ3) is 6.83. The van der Waals surface area contributed by atoms with Crippen molar-refractivity contribution in [3.05, 3.63) is 49.3 Å². The number of halogens is 3. The third-order valence-electron chi connectivity index (χ3n) is 4.05. The third-order valence-corrected chi connectivity index (χ3v) is 11.4. The fourth-order valence-electron chi connectivity index (χ4n) is 2.66. The van der Waals surface area contributed by atoms with Gasteiger partial charge in [0, 0.05) is 22.4 Å². The zero-order chi connectivity index (χ0) is 25.5. The number of thiophene rings is 2. The molecule has 1 aliphatic rings. The summed E-state index contributed by atoms with van der Waals surface area (Å²) in [5.41, 5.74) is 0.701. The van der Waals surface area contributed by atoms with Gasteiger partial charge in [0.25, 0.3) is 19.1 Å². The normalized spacial score (nSPS) is 13.9. The van der Waals surface area contributed by atoms with Crippen LogP contribution in [-0.4, -0.2) is 42.6 Å². The van der Waals surface area contributed by atoms with Crippen LogP contribution in [0, 0.1) is 0 Å². The van der Waals surface area contributed by atoms with Gasteiger partial charge in [-0.15, -0.1) is 22.7 Å². The summed E-state index contributed by atoms with van der Waals surface area (Å²) in [6, 6.07) is 6.31. The van der Waals surface area contributed by atoms with Crippen LogP contribution in [0.25, 0.3) is 0 Å². The first-order chi connectivity index (χ1) is 15.6. The van der Waals surface area contributed by atoms with Crippen LogP contribution in [0.15, 0.2) is 46.5 Å². The van der Waals surface area contributed by atoms with Gasteiger partial charge >= 0.3 is 6.09 Å². The minimum atomic E-state index is -3.70. The number of hydrogen-bond donors (Lipinski definition) is 0. The predicted molar refractivity (Wildman–Crippen MR) is 137 cm³/mol. The highest BCUT2D eigenvalue weighted by Gasteiger charge is 2.32. The molecule has 186 valence electrons. The number of rotatable bonds is 3. The Labute approximate surface area is 226 Å². The van der Waals surface area contributed by atoms with Crippen LogP contribution < -0.4 is 0 Å². The molecule has 0 aromatic carbocycles. The van der Waals surface area contributed by atoms with Crippen LogP contribution in [0.1, 0.15) is 32.0 Å². The summed E-state index contributed by atoms with van der Waals surface area (Å²) < 4.78 is 54.4. The number of amides is 1. The summed E-state index contributed by atoms with van der Waals surface area (Å²) in [6.45, 7) is 5.92. The second-order valence-electron chi connectivity index (χ2n) is 7.87. The van der Waals surface area contributed by atoms with Crippen molar-refractivity contribution in [3.63, 3.8) is 0 Å². The van der Waals surface area contributed by atoms with Gasteiger partial charge in [0.2, 0.25) is 0 Å². The molecule has 0 spiro atoms. The minimum absolute atomic E-state index is 0.168. The van der Waals surface area contributed by atoms with E-state index in [-0.39, 0.29) is 21.5 Å². The average Bonchev–Trinajstić information content (AvgIpc) is 3.42. The quantitative estimate of drug-likeness (QED) is 0.326. The first-order valence-electron chi connectivity index (χ1n) is 9.32. The lowest BCUT2D eigenvalue weighted by Crippen LogP contribution is -2.33. The molecule has 3 aromatic rings. The number of aromatic nitrogens is 2. The van der Waals surface area contributed by atoms with Gasteiger partial charge < -0.3 is 4.74 Å². The standard InChI is InChI=1S/C14H16BrN3O4S2.C4H2BrClO2S2/c1-14(2,3)22-13(19)17-6-9-7-18(16-10(9)8-17)24(20,21)12-5-4-11(15)23-12;5-3-1-2-4(9-3)10(6,7)8/h4-5,7H,6,8H2,1-3H3;1-2H. The summed E-state index contributed by atoms with van der Waals surface area (Å²) >= 11 is 8.59. The van der Waals surface area contributed by atoms with E-state index in [1.54, 1.807) is 32.9 Å². The van der Waals surface area contributed by atoms with E-state index in [4.69, 9.17) is 15.4 Å². The summed E-state index contributed by atoms with van der Waals surface area (Å²) in [4.78, 5) is 13.6. The lowest BCUT2D eigenvalue weighted by atomic mass is 10.2. The van der Waals surface area contributed by atoms with Crippen LogP contribution in [-0.2, 0) is 36.9 Å². The summed E-state index contributed by atoms with van der Waals surface area (Å²) in [5, 5.41) is 4.15. The Morgan fingerprint density at radius 3 is 2.00 bits per heavy atom. The highest BCUT2D eigenvalue weighted by Crippen LogP contribution is 2.30. The minimum Gasteiger partial charge on any atom is -0.444 e. The number of nitrogens with zero attached hydrogens (tertiary/aromatic N) is 3. The van der Waals surface area contributed by atoms with Crippen molar-refractivity contribution >= 4 is 90.4 Å². The lowest BCUT2D eigenvalue weighted by Gasteiger charge is -2.24. The van der Waals surface area contributed by atoms with Crippen LogP contribution in [0.2, 0.25) is 0 Å². The van der Waals surface area contributed by atoms with E-state index in [9.17, 15) is 21.6 Å². The number of hydrogen-bond acceptors (Lipinski definition) is 9. The Bertz CT molecular complexity index is 1400. The van der Waals surface area contributed by atoms with E-state index < -0.39 is 30.8 Å². The van der Waals surface area contributed by atoms with E-state index in [0.717, 1.165) is 34.3 Å². The highest BCUT2D eigenvalue weighted by molar-refractivity contribution is 9.11. The smallest absolute Gasteiger partial charge is 0.410 e. The molecule has 3 aromatic heterocycles. The molecule has 0 saturated carbocycles. The molecular weight excluding hydrogens is 678 g/mol. The first-order valence-corrected chi connectivity index (χ1v) is 16.3. The molecule has 4 heterocycles. The van der Waals surface area contributed by atoms with Gasteiger partial charge in [0.1, 0.15) is 14.0 Å². The molecule has 9 nitrogen and oxygen atoms in total. The van der Waals surface area contributed by atoms with Crippen LogP contribution >= 0.6 is 65.2 Å². The number of carbonyl (C=O) groups excluding carboxylic acids is 1. The van der Waals surface area contributed by atoms with E-state index in [0.29, 0.717) is 11.3 Å². The molecule has 1 amide bonds. The Kier molecular flexibility index (Phi) is 8.27. The van der Waals surface area contributed by atoms with Crippen molar-refractivity contribution in [1.29, 1.82) is 0 Å². The second-order valence-corrected chi connectivity index (χ2v) is 17.6. The zero-order valence-electron chi connectivity index (χ0n) is 17.9. The maximum Gasteiger partial charge on any atom is 0.410 e. The van der Waals surface area contributed by atoms with Crippen LogP contribution in [0.3, 0.4) is 0 Å². The molecule has 34 heavy (non-hydrogen) atoms. The van der Waals surface area contributed by atoms with Crippen molar-refractivity contribution in [1.82, 2.24) is 14.1 Å². The summed E-state index contributed by atoms with van der Waals surface area (Å²) in [5.74, 6) is 0. The molecule has 0 saturated heterocycles. The molecule has 4 rings (SSSR count). The van der Waals surface area contributed by atoms with E-state index >= 15 is 0 Å². The summed E-state index contributed by atoms with van der Waals surface area (Å²) in [7, 11) is -2.19. The van der Waals surface area contributed by atoms with Gasteiger partial charge in [-0.2, -0.15) is 17.6 Å². The number of fused-ring (bicyclic) bond motifs is 1. The molecule has 0 aliphatic carbocycles. The lowest BCUT2D eigenvalue weighted by molar-refractivity contribution is 0.0239. The van der Waals surface area contributed by atoms with E-state index in [2.05, 4.69) is 37.0 Å². The first kappa shape index (κ1) is 27.6. The van der Waals surface area contributed by atoms with Gasteiger partial charge in [-0.3, -0.25) is 4.90 Å². The average molecular weight is 696 g/mol. The van der Waals surface area contributed by atoms with Crippen molar-refractivity contribution in [2.75, 3.05) is 0 Å². The molecule has 0 N–H and O–H groups in total. The number of ether oxygens (including phenoxy) is 1. The topological polar surface area (TPSA) is 116 Å². The van der Waals surface area contributed by atoms with E-state index in [1.807, 2.05) is 0 Å². The maximum atomic E-state index is 12.5. The molecular formula is C18H18Br2ClN3O6S4. The molecule has 0 unspecified atom stereocenters. The monoisotopic (exact) mass is 693 g/mol. The van der Waals surface area contributed by atoms with Crippen molar-refractivity contribution in [2.45, 2.75) is 47.9 Å². The van der Waals surface area contributed by atoms with E-state index in [1.165, 1.54) is 23.2 Å². The maximum absolute atomic E-state index is 12.5. The van der Waals surface area contributed by atoms with Gasteiger partial charge in [-0.1, -0.05) is 0 Å². The molecule has 0 fully saturated rings. The fourth-order valence-corrected chi connectivity index (χ4v) is 8.70. The Morgan fingerprint density at radius 2 is 1.59 bits per heavy atom. The second kappa shape index (κ2) is 10.2. The number of carbonyl (C=O) groups is 1. The SMILES string of the molecule is CC(C)(C)OC(=O)N1Cc2cn(S(=O)(=O)c3ccc(Br)s3)nc2C1.O=S(=O)(Cl)c1ccc(Br)s1. The van der Waals surface area contributed by atoms with Crippen LogP contribution in [0.5, 0.6) is 0 Å². The Hall–Kier alpha value is -0.970. The van der Waals surface area contributed by atoms with Crippen molar-refractivity contribution in [2.24, 2.45) is 0 Å². The predicted octanol–water partition coefficient (Wildman–Crippen LogP) is 5.63. The van der Waals surface area contributed by atoms with Crippen LogP contribution in [0.4, 0.5) is 4.79 Å². The summed E-state index contributed by atoms with van der Waals surface area (Å²) in [6.07, 6.45) is 1.03. The molecule has 0 atom stereocenters. The molecule has 1 aliphatic heterocycles. The van der Waals surface area contributed by atoms with Crippen molar-refractivity contribution < 1.29 is 26.4 Å². The van der Waals surface area contributed by atoms with Gasteiger partial charge in [-0.05, 0) is 76.9 Å². The fraction of sp³-hybridized carbons (Fsp3) is 0.333. The Morgan fingerprint density at radius 1 is 1.03 bits per heavy atom. The zero-order valence-corrected chi connectivity index (χ0v) is 25.1. The highest BCUT2D eigenvalue weighted by atomic mass is 79.9. The Balaban J connectivity index is 0.000000271. The van der Waals surface area contributed by atoms with Gasteiger partial charge in [0.05, 0.1) is 26.4 Å². The molecule has 16 heteroatoms. The molecule has 0 radical (unpaired) electrons.